The fourth-order valence-corrected chi connectivity index (χ4v) is 1.78. The van der Waals surface area contributed by atoms with Crippen molar-refractivity contribution in [1.29, 1.82) is 0 Å². The maximum Gasteiger partial charge on any atom is 0.310 e. The third kappa shape index (κ3) is 2.04. The van der Waals surface area contributed by atoms with Crippen LogP contribution in [-0.4, -0.2) is 40.4 Å². The van der Waals surface area contributed by atoms with Gasteiger partial charge < -0.3 is 10.0 Å². The number of nitrogens with zero attached hydrogens (tertiary/aromatic N) is 3. The van der Waals surface area contributed by atoms with Crippen molar-refractivity contribution in [3.63, 3.8) is 0 Å². The zero-order chi connectivity index (χ0) is 10.8. The van der Waals surface area contributed by atoms with E-state index in [0.717, 1.165) is 5.82 Å². The van der Waals surface area contributed by atoms with Gasteiger partial charge in [-0.25, -0.2) is 9.97 Å². The van der Waals surface area contributed by atoms with Crippen molar-refractivity contribution in [3.05, 3.63) is 12.3 Å². The van der Waals surface area contributed by atoms with Crippen molar-refractivity contribution < 1.29 is 9.90 Å². The molecule has 2 rings (SSSR count). The third-order valence-electron chi connectivity index (χ3n) is 2.36. The van der Waals surface area contributed by atoms with Crippen LogP contribution in [0.2, 0.25) is 0 Å². The highest BCUT2D eigenvalue weighted by Crippen LogP contribution is 2.23. The summed E-state index contributed by atoms with van der Waals surface area (Å²) in [5, 5.41) is 9.45. The average Bonchev–Trinajstić information content (AvgIpc) is 2.15. The molecular formula is C9H11N3O2S. The smallest absolute Gasteiger partial charge is 0.310 e. The van der Waals surface area contributed by atoms with E-state index in [1.165, 1.54) is 11.8 Å². The summed E-state index contributed by atoms with van der Waals surface area (Å²) in [6.45, 7) is 1.08. The van der Waals surface area contributed by atoms with Crippen LogP contribution in [0.15, 0.2) is 17.4 Å². The highest BCUT2D eigenvalue weighted by molar-refractivity contribution is 7.98. The van der Waals surface area contributed by atoms with Crippen molar-refractivity contribution in [3.8, 4) is 0 Å². The number of thioether (sulfide) groups is 1. The van der Waals surface area contributed by atoms with Crippen LogP contribution < -0.4 is 4.90 Å². The summed E-state index contributed by atoms with van der Waals surface area (Å²) in [4.78, 5) is 20.9. The van der Waals surface area contributed by atoms with E-state index in [2.05, 4.69) is 9.97 Å². The van der Waals surface area contributed by atoms with E-state index in [0.29, 0.717) is 18.2 Å². The average molecular weight is 225 g/mol. The van der Waals surface area contributed by atoms with Crippen LogP contribution in [0, 0.1) is 5.92 Å². The first-order valence-corrected chi connectivity index (χ1v) is 5.78. The lowest BCUT2D eigenvalue weighted by molar-refractivity contribution is -0.142. The topological polar surface area (TPSA) is 66.3 Å². The zero-order valence-corrected chi connectivity index (χ0v) is 9.07. The van der Waals surface area contributed by atoms with Crippen LogP contribution in [0.4, 0.5) is 5.82 Å². The summed E-state index contributed by atoms with van der Waals surface area (Å²) >= 11 is 1.48. The molecule has 5 nitrogen and oxygen atoms in total. The molecule has 1 N–H and O–H groups in total. The molecular weight excluding hydrogens is 214 g/mol. The minimum atomic E-state index is -0.731. The molecule has 1 aromatic heterocycles. The minimum absolute atomic E-state index is 0.252. The summed E-state index contributed by atoms with van der Waals surface area (Å²) in [6.07, 6.45) is 3.61. The number of carbonyl (C=O) groups is 1. The number of anilines is 1. The zero-order valence-electron chi connectivity index (χ0n) is 8.25. The molecule has 1 aliphatic rings. The Balaban J connectivity index is 2.03. The number of carboxylic acid groups (broad SMARTS) is 1. The second kappa shape index (κ2) is 4.06. The molecule has 0 bridgehead atoms. The fourth-order valence-electron chi connectivity index (χ4n) is 1.43. The maximum atomic E-state index is 10.6. The van der Waals surface area contributed by atoms with E-state index in [1.807, 2.05) is 11.2 Å². The fraction of sp³-hybridized carbons (Fsp3) is 0.444. The van der Waals surface area contributed by atoms with Gasteiger partial charge in [-0.3, -0.25) is 4.79 Å². The lowest BCUT2D eigenvalue weighted by Gasteiger charge is -2.37. The summed E-state index contributed by atoms with van der Waals surface area (Å²) in [6, 6.07) is 1.80. The minimum Gasteiger partial charge on any atom is -0.481 e. The van der Waals surface area contributed by atoms with Gasteiger partial charge in [-0.05, 0) is 12.3 Å². The molecule has 0 unspecified atom stereocenters. The number of aliphatic carboxylic acids is 1. The van der Waals surface area contributed by atoms with Gasteiger partial charge in [0.1, 0.15) is 5.82 Å². The number of rotatable bonds is 3. The lowest BCUT2D eigenvalue weighted by Crippen LogP contribution is -2.50. The van der Waals surface area contributed by atoms with Gasteiger partial charge in [-0.15, -0.1) is 0 Å². The first-order valence-electron chi connectivity index (χ1n) is 4.55. The number of hydrogen-bond acceptors (Lipinski definition) is 5. The molecule has 1 aromatic rings. The Hall–Kier alpha value is -1.30. The predicted molar refractivity (Wildman–Crippen MR) is 57.2 cm³/mol. The van der Waals surface area contributed by atoms with Crippen LogP contribution in [0.25, 0.3) is 0 Å². The molecule has 0 saturated carbocycles. The van der Waals surface area contributed by atoms with Crippen molar-refractivity contribution in [2.45, 2.75) is 5.16 Å². The standard InChI is InChI=1S/C9H11N3O2S/c1-15-9-10-3-2-7(11-9)12-4-6(5-12)8(13)14/h2-3,6H,4-5H2,1H3,(H,13,14). The molecule has 1 aliphatic heterocycles. The Morgan fingerprint density at radius 2 is 2.40 bits per heavy atom. The molecule has 2 heterocycles. The molecule has 6 heteroatoms. The SMILES string of the molecule is CSc1nccc(N2CC(C(=O)O)C2)n1. The first kappa shape index (κ1) is 10.2. The third-order valence-corrected chi connectivity index (χ3v) is 2.92. The van der Waals surface area contributed by atoms with E-state index >= 15 is 0 Å². The summed E-state index contributed by atoms with van der Waals surface area (Å²) < 4.78 is 0. The van der Waals surface area contributed by atoms with Gasteiger partial charge in [0.05, 0.1) is 5.92 Å². The van der Waals surface area contributed by atoms with Gasteiger partial charge in [0.2, 0.25) is 0 Å². The first-order chi connectivity index (χ1) is 7.20. The molecule has 0 aromatic carbocycles. The van der Waals surface area contributed by atoms with Gasteiger partial charge in [-0.1, -0.05) is 11.8 Å². The summed E-state index contributed by atoms with van der Waals surface area (Å²) in [5.74, 6) is -0.171. The molecule has 15 heavy (non-hydrogen) atoms. The van der Waals surface area contributed by atoms with E-state index in [4.69, 9.17) is 5.11 Å². The normalized spacial score (nSPS) is 16.2. The Kier molecular flexibility index (Phi) is 2.77. The monoisotopic (exact) mass is 225 g/mol. The van der Waals surface area contributed by atoms with Crippen LogP contribution in [0.5, 0.6) is 0 Å². The Labute approximate surface area is 91.5 Å². The van der Waals surface area contributed by atoms with Crippen molar-refractivity contribution in [2.75, 3.05) is 24.2 Å². The van der Waals surface area contributed by atoms with Gasteiger partial charge in [0, 0.05) is 19.3 Å². The second-order valence-corrected chi connectivity index (χ2v) is 4.12. The highest BCUT2D eigenvalue weighted by atomic mass is 32.2. The summed E-state index contributed by atoms with van der Waals surface area (Å²) in [7, 11) is 0. The predicted octanol–water partition coefficient (Wildman–Crippen LogP) is 0.719. The van der Waals surface area contributed by atoms with Gasteiger partial charge >= 0.3 is 5.97 Å². The molecule has 0 atom stereocenters. The van der Waals surface area contributed by atoms with Crippen LogP contribution in [0.3, 0.4) is 0 Å². The van der Waals surface area contributed by atoms with E-state index in [-0.39, 0.29) is 5.92 Å². The van der Waals surface area contributed by atoms with Crippen molar-refractivity contribution in [1.82, 2.24) is 9.97 Å². The number of hydrogen-bond donors (Lipinski definition) is 1. The maximum absolute atomic E-state index is 10.6. The van der Waals surface area contributed by atoms with Gasteiger partial charge in [0.25, 0.3) is 0 Å². The number of aromatic nitrogens is 2. The number of carboxylic acids is 1. The summed E-state index contributed by atoms with van der Waals surface area (Å²) in [5.41, 5.74) is 0. The van der Waals surface area contributed by atoms with E-state index in [1.54, 1.807) is 12.3 Å². The van der Waals surface area contributed by atoms with E-state index < -0.39 is 5.97 Å². The van der Waals surface area contributed by atoms with Crippen molar-refractivity contribution in [2.24, 2.45) is 5.92 Å². The van der Waals surface area contributed by atoms with Crippen LogP contribution in [-0.2, 0) is 4.79 Å². The molecule has 0 amide bonds. The molecule has 1 fully saturated rings. The second-order valence-electron chi connectivity index (χ2n) is 3.34. The quantitative estimate of drug-likeness (QED) is 0.604. The van der Waals surface area contributed by atoms with Crippen LogP contribution in [0.1, 0.15) is 0 Å². The lowest BCUT2D eigenvalue weighted by atomic mass is 10.0. The molecule has 80 valence electrons. The van der Waals surface area contributed by atoms with Crippen molar-refractivity contribution >= 4 is 23.5 Å². The molecule has 0 radical (unpaired) electrons. The Bertz CT molecular complexity index is 379. The van der Waals surface area contributed by atoms with E-state index in [9.17, 15) is 4.79 Å². The van der Waals surface area contributed by atoms with Gasteiger partial charge in [-0.2, -0.15) is 0 Å². The van der Waals surface area contributed by atoms with Gasteiger partial charge in [0.15, 0.2) is 5.16 Å². The highest BCUT2D eigenvalue weighted by Gasteiger charge is 2.33. The Morgan fingerprint density at radius 3 is 3.00 bits per heavy atom. The largest absolute Gasteiger partial charge is 0.481 e. The van der Waals surface area contributed by atoms with Crippen LogP contribution >= 0.6 is 11.8 Å². The molecule has 1 saturated heterocycles. The molecule has 0 spiro atoms. The molecule has 0 aliphatic carbocycles. The Morgan fingerprint density at radius 1 is 1.67 bits per heavy atom.